The zero-order valence-electron chi connectivity index (χ0n) is 16.1. The number of nitrogens with zero attached hydrogens (tertiary/aromatic N) is 3. The van der Waals surface area contributed by atoms with Gasteiger partial charge in [-0.25, -0.2) is 19.0 Å². The van der Waals surface area contributed by atoms with Gasteiger partial charge in [0.05, 0.1) is 30.2 Å². The second kappa shape index (κ2) is 9.17. The number of hydrogen-bond acceptors (Lipinski definition) is 6. The van der Waals surface area contributed by atoms with Crippen LogP contribution in [0.15, 0.2) is 36.5 Å². The van der Waals surface area contributed by atoms with E-state index in [9.17, 15) is 23.1 Å². The number of methoxy groups -OCH3 is 1. The summed E-state index contributed by atoms with van der Waals surface area (Å²) >= 11 is 5.91. The SMILES string of the molecule is COC(=O)c1ccc(CN(C(=O)N2CCS(O)(O)CC2)c2ccc(F)c(Cl)c2)cn1. The summed E-state index contributed by atoms with van der Waals surface area (Å²) in [5.41, 5.74) is 1.13. The van der Waals surface area contributed by atoms with Crippen molar-refractivity contribution in [2.45, 2.75) is 6.54 Å². The highest BCUT2D eigenvalue weighted by Gasteiger charge is 2.29. The van der Waals surface area contributed by atoms with E-state index in [1.165, 1.54) is 47.4 Å². The molecule has 1 aliphatic heterocycles. The van der Waals surface area contributed by atoms with Gasteiger partial charge in [-0.05, 0) is 29.8 Å². The normalized spacial score (nSPS) is 16.6. The van der Waals surface area contributed by atoms with Gasteiger partial charge in [0.25, 0.3) is 0 Å². The first-order valence-electron chi connectivity index (χ1n) is 8.98. The Kier molecular flexibility index (Phi) is 6.81. The van der Waals surface area contributed by atoms with Crippen LogP contribution in [0.1, 0.15) is 16.1 Å². The van der Waals surface area contributed by atoms with E-state index in [1.807, 2.05) is 0 Å². The molecule has 30 heavy (non-hydrogen) atoms. The van der Waals surface area contributed by atoms with Crippen molar-refractivity contribution in [1.29, 1.82) is 0 Å². The molecule has 0 spiro atoms. The fourth-order valence-corrected chi connectivity index (χ4v) is 4.34. The summed E-state index contributed by atoms with van der Waals surface area (Å²) in [5.74, 6) is -0.978. The van der Waals surface area contributed by atoms with Gasteiger partial charge >= 0.3 is 12.0 Å². The molecular formula is C19H21ClFN3O5S. The molecule has 0 unspecified atom stereocenters. The molecule has 1 aromatic heterocycles. The van der Waals surface area contributed by atoms with E-state index in [0.29, 0.717) is 11.3 Å². The largest absolute Gasteiger partial charge is 0.464 e. The average Bonchev–Trinajstić information content (AvgIpc) is 2.73. The molecule has 162 valence electrons. The summed E-state index contributed by atoms with van der Waals surface area (Å²) in [4.78, 5) is 31.7. The monoisotopic (exact) mass is 457 g/mol. The van der Waals surface area contributed by atoms with Crippen LogP contribution in [0.4, 0.5) is 14.9 Å². The standard InChI is InChI=1S/C19H21ClFN3O5S/c1-29-18(25)17-5-2-13(11-22-17)12-24(14-3-4-16(21)15(20)10-14)19(26)23-6-8-30(27,28)9-7-23/h2-5,10-11,27-28H,6-9,12H2,1H3. The molecule has 11 heteroatoms. The first-order chi connectivity index (χ1) is 14.2. The van der Waals surface area contributed by atoms with Gasteiger partial charge in [0.15, 0.2) is 0 Å². The van der Waals surface area contributed by atoms with Crippen LogP contribution < -0.4 is 4.90 Å². The molecule has 1 saturated heterocycles. The molecule has 8 nitrogen and oxygen atoms in total. The Morgan fingerprint density at radius 2 is 1.97 bits per heavy atom. The Bertz CT molecular complexity index is 934. The highest BCUT2D eigenvalue weighted by atomic mass is 35.5. The van der Waals surface area contributed by atoms with Gasteiger partial charge in [-0.3, -0.25) is 14.0 Å². The van der Waals surface area contributed by atoms with Crippen molar-refractivity contribution in [2.24, 2.45) is 0 Å². The molecule has 1 aliphatic rings. The third-order valence-electron chi connectivity index (χ3n) is 4.65. The zero-order valence-corrected chi connectivity index (χ0v) is 17.7. The van der Waals surface area contributed by atoms with Gasteiger partial charge in [-0.2, -0.15) is 10.6 Å². The van der Waals surface area contributed by atoms with E-state index in [2.05, 4.69) is 9.72 Å². The maximum atomic E-state index is 13.6. The summed E-state index contributed by atoms with van der Waals surface area (Å²) < 4.78 is 37.9. The molecule has 3 rings (SSSR count). The zero-order chi connectivity index (χ0) is 21.9. The number of urea groups is 1. The number of amides is 2. The quantitative estimate of drug-likeness (QED) is 0.676. The van der Waals surface area contributed by atoms with Crippen LogP contribution in [-0.4, -0.2) is 62.7 Å². The first kappa shape index (κ1) is 22.3. The summed E-state index contributed by atoms with van der Waals surface area (Å²) in [6, 6.07) is 6.69. The third kappa shape index (κ3) is 5.20. The van der Waals surface area contributed by atoms with E-state index in [1.54, 1.807) is 6.07 Å². The highest BCUT2D eigenvalue weighted by molar-refractivity contribution is 8.24. The van der Waals surface area contributed by atoms with Gasteiger partial charge in [0, 0.05) is 25.0 Å². The number of anilines is 1. The van der Waals surface area contributed by atoms with E-state index in [4.69, 9.17) is 11.6 Å². The van der Waals surface area contributed by atoms with E-state index < -0.39 is 22.4 Å². The molecule has 1 fully saturated rings. The fraction of sp³-hybridized carbons (Fsp3) is 0.316. The number of carbonyl (C=O) groups excluding carboxylic acids is 2. The maximum absolute atomic E-state index is 13.6. The van der Waals surface area contributed by atoms with Crippen LogP contribution >= 0.6 is 22.2 Å². The molecule has 2 N–H and O–H groups in total. The van der Waals surface area contributed by atoms with Gasteiger partial charge < -0.3 is 9.64 Å². The van der Waals surface area contributed by atoms with Crippen molar-refractivity contribution >= 4 is 39.9 Å². The topological polar surface area (TPSA) is 103 Å². The van der Waals surface area contributed by atoms with Gasteiger partial charge in [-0.1, -0.05) is 17.7 Å². The summed E-state index contributed by atoms with van der Waals surface area (Å²) in [5, 5.41) is -0.128. The lowest BCUT2D eigenvalue weighted by Crippen LogP contribution is -2.48. The van der Waals surface area contributed by atoms with Crippen LogP contribution in [0.5, 0.6) is 0 Å². The number of rotatable bonds is 4. The van der Waals surface area contributed by atoms with E-state index in [-0.39, 0.29) is 47.9 Å². The molecule has 2 aromatic rings. The fourth-order valence-electron chi connectivity index (χ4n) is 2.94. The Morgan fingerprint density at radius 1 is 1.27 bits per heavy atom. The minimum atomic E-state index is -2.66. The lowest BCUT2D eigenvalue weighted by Gasteiger charge is -2.42. The average molecular weight is 458 g/mol. The Balaban J connectivity index is 1.86. The summed E-state index contributed by atoms with van der Waals surface area (Å²) in [6.07, 6.45) is 1.45. The second-order valence-electron chi connectivity index (χ2n) is 6.71. The number of esters is 1. The summed E-state index contributed by atoms with van der Waals surface area (Å²) in [7, 11) is -1.41. The molecular weight excluding hydrogens is 437 g/mol. The number of benzene rings is 1. The lowest BCUT2D eigenvalue weighted by molar-refractivity contribution is 0.0594. The van der Waals surface area contributed by atoms with Crippen molar-refractivity contribution in [1.82, 2.24) is 9.88 Å². The van der Waals surface area contributed by atoms with Crippen molar-refractivity contribution in [2.75, 3.05) is 36.6 Å². The Morgan fingerprint density at radius 3 is 2.53 bits per heavy atom. The number of carbonyl (C=O) groups is 2. The van der Waals surface area contributed by atoms with Crippen LogP contribution in [0.3, 0.4) is 0 Å². The lowest BCUT2D eigenvalue weighted by atomic mass is 10.2. The number of ether oxygens (including phenoxy) is 1. The molecule has 0 bridgehead atoms. The van der Waals surface area contributed by atoms with Crippen LogP contribution in [-0.2, 0) is 11.3 Å². The molecule has 0 saturated carbocycles. The van der Waals surface area contributed by atoms with Crippen LogP contribution in [0.25, 0.3) is 0 Å². The van der Waals surface area contributed by atoms with E-state index >= 15 is 0 Å². The Hall–Kier alpha value is -2.40. The second-order valence-corrected chi connectivity index (χ2v) is 9.54. The summed E-state index contributed by atoms with van der Waals surface area (Å²) in [6.45, 7) is 0.459. The highest BCUT2D eigenvalue weighted by Crippen LogP contribution is 2.40. The van der Waals surface area contributed by atoms with Crippen molar-refractivity contribution in [3.8, 4) is 0 Å². The molecule has 1 aromatic carbocycles. The van der Waals surface area contributed by atoms with Crippen LogP contribution in [0.2, 0.25) is 5.02 Å². The predicted octanol–water partition coefficient (Wildman–Crippen LogP) is 3.85. The molecule has 0 aliphatic carbocycles. The third-order valence-corrected chi connectivity index (χ3v) is 6.61. The van der Waals surface area contributed by atoms with Crippen molar-refractivity contribution < 1.29 is 27.8 Å². The smallest absolute Gasteiger partial charge is 0.356 e. The predicted molar refractivity (Wildman–Crippen MR) is 113 cm³/mol. The van der Waals surface area contributed by atoms with Crippen LogP contribution in [0, 0.1) is 5.82 Å². The minimum Gasteiger partial charge on any atom is -0.464 e. The number of hydrogen-bond donors (Lipinski definition) is 2. The minimum absolute atomic E-state index is 0.0853. The maximum Gasteiger partial charge on any atom is 0.356 e. The number of halogens is 2. The molecule has 0 radical (unpaired) electrons. The molecule has 0 atom stereocenters. The van der Waals surface area contributed by atoms with Gasteiger partial charge in [0.1, 0.15) is 11.5 Å². The number of aromatic nitrogens is 1. The van der Waals surface area contributed by atoms with Crippen molar-refractivity contribution in [3.63, 3.8) is 0 Å². The van der Waals surface area contributed by atoms with Crippen molar-refractivity contribution in [3.05, 3.63) is 58.6 Å². The molecule has 2 heterocycles. The Labute approximate surface area is 179 Å². The first-order valence-corrected chi connectivity index (χ1v) is 11.2. The molecule has 2 amide bonds. The van der Waals surface area contributed by atoms with Gasteiger partial charge in [-0.15, -0.1) is 0 Å². The number of pyridine rings is 1. The van der Waals surface area contributed by atoms with E-state index in [0.717, 1.165) is 0 Å². The van der Waals surface area contributed by atoms with Gasteiger partial charge in [0.2, 0.25) is 0 Å².